The van der Waals surface area contributed by atoms with Gasteiger partial charge in [-0.15, -0.1) is 0 Å². The van der Waals surface area contributed by atoms with E-state index in [0.29, 0.717) is 0 Å². The van der Waals surface area contributed by atoms with Gasteiger partial charge in [-0.3, -0.25) is 4.79 Å². The van der Waals surface area contributed by atoms with Gasteiger partial charge in [-0.25, -0.2) is 14.4 Å². The highest BCUT2D eigenvalue weighted by molar-refractivity contribution is 5.73. The monoisotopic (exact) mass is 274 g/mol. The number of amides is 2. The first-order valence-corrected chi connectivity index (χ1v) is 4.79. The molecule has 0 aromatic rings. The molecule has 0 aliphatic carbocycles. The Morgan fingerprint density at radius 1 is 1.16 bits per heavy atom. The van der Waals surface area contributed by atoms with Crippen LogP contribution < -0.4 is 10.6 Å². The van der Waals surface area contributed by atoms with Crippen molar-refractivity contribution in [2.75, 3.05) is 27.2 Å². The summed E-state index contributed by atoms with van der Waals surface area (Å²) in [6.45, 7) is 1.14. The number of carbonyl (C=O) groups excluding carboxylic acids is 4. The molecule has 0 saturated carbocycles. The Labute approximate surface area is 108 Å². The zero-order chi connectivity index (χ0) is 14.9. The first kappa shape index (κ1) is 18.8. The summed E-state index contributed by atoms with van der Waals surface area (Å²) >= 11 is 0. The molecule has 10 heteroatoms. The summed E-state index contributed by atoms with van der Waals surface area (Å²) in [4.78, 5) is 45.2. The maximum absolute atomic E-state index is 10.6. The van der Waals surface area contributed by atoms with Crippen LogP contribution in [0.1, 0.15) is 6.92 Å². The number of ether oxygens (including phenoxy) is 2. The predicted molar refractivity (Wildman–Crippen MR) is 61.3 cm³/mol. The fourth-order valence-corrected chi connectivity index (χ4v) is 0.497. The molecule has 0 aliphatic rings. The molecule has 0 aromatic heterocycles. The summed E-state index contributed by atoms with van der Waals surface area (Å²) in [5, 5.41) is 4.64. The molecule has 10 nitrogen and oxygen atoms in total. The standard InChI is InChI=1S/C6H12N2O4.C3H2N2O2/c1-5(9)7-3-8-6(10)12-4-11-2;6-2-4-1-5-3-7/h3-4H2,1-2H3,(H,7,9)(H,8,10);1H2. The second kappa shape index (κ2) is 15.5. The van der Waals surface area contributed by atoms with Crippen molar-refractivity contribution in [3.8, 4) is 0 Å². The molecule has 2 N–H and O–H groups in total. The van der Waals surface area contributed by atoms with E-state index in [9.17, 15) is 19.2 Å². The van der Waals surface area contributed by atoms with Gasteiger partial charge in [0.1, 0.15) is 0 Å². The number of nitrogens with one attached hydrogen (secondary N) is 2. The van der Waals surface area contributed by atoms with Crippen molar-refractivity contribution >= 4 is 24.2 Å². The number of aliphatic imine (C=N–C) groups is 2. The molecule has 0 radical (unpaired) electrons. The molecule has 19 heavy (non-hydrogen) atoms. The number of carbonyl (C=O) groups is 2. The van der Waals surface area contributed by atoms with E-state index in [4.69, 9.17) is 0 Å². The number of isocyanates is 2. The molecule has 0 aromatic carbocycles. The minimum absolute atomic E-state index is 0.0535. The van der Waals surface area contributed by atoms with Gasteiger partial charge in [-0.2, -0.15) is 9.98 Å². The summed E-state index contributed by atoms with van der Waals surface area (Å²) in [6.07, 6.45) is 1.78. The number of hydrogen-bond acceptors (Lipinski definition) is 8. The van der Waals surface area contributed by atoms with E-state index in [2.05, 4.69) is 30.1 Å². The molecule has 0 bridgehead atoms. The zero-order valence-electron chi connectivity index (χ0n) is 10.5. The number of hydrogen-bond donors (Lipinski definition) is 2. The Morgan fingerprint density at radius 3 is 2.16 bits per heavy atom. The molecule has 0 heterocycles. The van der Waals surface area contributed by atoms with Gasteiger partial charge >= 0.3 is 6.09 Å². The number of alkyl carbamates (subject to hydrolysis) is 1. The lowest BCUT2D eigenvalue weighted by Gasteiger charge is -2.05. The molecular formula is C9H14N4O6. The molecule has 2 amide bonds. The molecule has 0 fully saturated rings. The van der Waals surface area contributed by atoms with Crippen LogP contribution in [0.15, 0.2) is 9.98 Å². The number of rotatable bonds is 6. The lowest BCUT2D eigenvalue weighted by atomic mass is 10.7. The number of methoxy groups -OCH3 is 1. The van der Waals surface area contributed by atoms with Gasteiger partial charge in [0.05, 0.1) is 6.67 Å². The van der Waals surface area contributed by atoms with Crippen molar-refractivity contribution in [2.24, 2.45) is 9.98 Å². The Bertz CT molecular complexity index is 344. The second-order valence-electron chi connectivity index (χ2n) is 2.57. The third-order valence-electron chi connectivity index (χ3n) is 1.15. The van der Waals surface area contributed by atoms with Crippen LogP contribution in [-0.4, -0.2) is 51.4 Å². The van der Waals surface area contributed by atoms with Crippen LogP contribution in [0.4, 0.5) is 4.79 Å². The van der Waals surface area contributed by atoms with Crippen molar-refractivity contribution in [2.45, 2.75) is 6.92 Å². The van der Waals surface area contributed by atoms with Crippen LogP contribution in [0.2, 0.25) is 0 Å². The van der Waals surface area contributed by atoms with Gasteiger partial charge in [0.25, 0.3) is 0 Å². The lowest BCUT2D eigenvalue weighted by Crippen LogP contribution is -2.36. The van der Waals surface area contributed by atoms with Crippen LogP contribution in [0.3, 0.4) is 0 Å². The third kappa shape index (κ3) is 21.3. The third-order valence-corrected chi connectivity index (χ3v) is 1.15. The highest BCUT2D eigenvalue weighted by Gasteiger charge is 1.98. The van der Waals surface area contributed by atoms with Crippen molar-refractivity contribution in [3.63, 3.8) is 0 Å². The van der Waals surface area contributed by atoms with Crippen LogP contribution in [0, 0.1) is 0 Å². The van der Waals surface area contributed by atoms with E-state index in [1.807, 2.05) is 0 Å². The molecule has 0 spiro atoms. The van der Waals surface area contributed by atoms with Crippen LogP contribution in [0.25, 0.3) is 0 Å². The van der Waals surface area contributed by atoms with Gasteiger partial charge in [0, 0.05) is 14.0 Å². The van der Waals surface area contributed by atoms with E-state index in [1.54, 1.807) is 0 Å². The fourth-order valence-electron chi connectivity index (χ4n) is 0.497. The first-order valence-electron chi connectivity index (χ1n) is 4.79. The molecule has 0 rings (SSSR count). The van der Waals surface area contributed by atoms with Gasteiger partial charge in [-0.05, 0) is 0 Å². The normalized spacial score (nSPS) is 7.68. The van der Waals surface area contributed by atoms with E-state index in [0.717, 1.165) is 0 Å². The maximum atomic E-state index is 10.6. The smallest absolute Gasteiger partial charge is 0.410 e. The largest absolute Gasteiger partial charge is 0.422 e. The second-order valence-corrected chi connectivity index (χ2v) is 2.57. The predicted octanol–water partition coefficient (Wildman–Crippen LogP) is -0.974. The average Bonchev–Trinajstić information content (AvgIpc) is 2.37. The minimum Gasteiger partial charge on any atom is -0.422 e. The zero-order valence-corrected chi connectivity index (χ0v) is 10.5. The van der Waals surface area contributed by atoms with Crippen LogP contribution in [0.5, 0.6) is 0 Å². The summed E-state index contributed by atoms with van der Waals surface area (Å²) in [7, 11) is 1.40. The highest BCUT2D eigenvalue weighted by atomic mass is 16.7. The molecule has 106 valence electrons. The van der Waals surface area contributed by atoms with Gasteiger partial charge in [0.15, 0.2) is 13.5 Å². The Balaban J connectivity index is 0. The van der Waals surface area contributed by atoms with Gasteiger partial charge in [-0.1, -0.05) is 0 Å². The van der Waals surface area contributed by atoms with Crippen molar-refractivity contribution in [1.82, 2.24) is 10.6 Å². The van der Waals surface area contributed by atoms with Crippen LogP contribution in [-0.2, 0) is 23.9 Å². The van der Waals surface area contributed by atoms with Gasteiger partial charge in [0.2, 0.25) is 18.1 Å². The first-order chi connectivity index (χ1) is 9.08. The Kier molecular flexibility index (Phi) is 15.3. The molecule has 0 unspecified atom stereocenters. The molecule has 0 atom stereocenters. The minimum atomic E-state index is -0.634. The van der Waals surface area contributed by atoms with Gasteiger partial charge < -0.3 is 20.1 Å². The summed E-state index contributed by atoms with van der Waals surface area (Å²) in [5.74, 6) is -0.220. The SMILES string of the molecule is COCOC(=O)NCNC(C)=O.O=C=NCN=C=O. The van der Waals surface area contributed by atoms with E-state index < -0.39 is 6.09 Å². The average molecular weight is 274 g/mol. The summed E-state index contributed by atoms with van der Waals surface area (Å²) < 4.78 is 8.92. The Hall–Kier alpha value is -2.54. The van der Waals surface area contributed by atoms with E-state index in [1.165, 1.54) is 26.2 Å². The van der Waals surface area contributed by atoms with Crippen molar-refractivity contribution < 1.29 is 28.7 Å². The summed E-state index contributed by atoms with van der Waals surface area (Å²) in [5.41, 5.74) is 0. The maximum Gasteiger partial charge on any atom is 0.410 e. The lowest BCUT2D eigenvalue weighted by molar-refractivity contribution is -0.119. The van der Waals surface area contributed by atoms with Crippen molar-refractivity contribution in [3.05, 3.63) is 0 Å². The molecule has 0 saturated heterocycles. The Morgan fingerprint density at radius 2 is 1.74 bits per heavy atom. The fraction of sp³-hybridized carbons (Fsp3) is 0.556. The van der Waals surface area contributed by atoms with Crippen LogP contribution >= 0.6 is 0 Å². The number of nitrogens with zero attached hydrogens (tertiary/aromatic N) is 2. The quantitative estimate of drug-likeness (QED) is 0.363. The molecule has 0 aliphatic heterocycles. The topological polar surface area (TPSA) is 136 Å². The summed E-state index contributed by atoms with van der Waals surface area (Å²) in [6, 6.07) is 0. The van der Waals surface area contributed by atoms with E-state index >= 15 is 0 Å². The molecular weight excluding hydrogens is 260 g/mol. The highest BCUT2D eigenvalue weighted by Crippen LogP contribution is 1.75. The van der Waals surface area contributed by atoms with E-state index in [-0.39, 0.29) is 26.0 Å². The van der Waals surface area contributed by atoms with Crippen molar-refractivity contribution in [1.29, 1.82) is 0 Å².